The van der Waals surface area contributed by atoms with Gasteiger partial charge in [0.15, 0.2) is 0 Å². The Bertz CT molecular complexity index is 760. The van der Waals surface area contributed by atoms with Gasteiger partial charge in [0.2, 0.25) is 0 Å². The van der Waals surface area contributed by atoms with Crippen LogP contribution in [0.15, 0.2) is 24.7 Å². The van der Waals surface area contributed by atoms with Crippen LogP contribution >= 0.6 is 0 Å². The van der Waals surface area contributed by atoms with Crippen LogP contribution in [0.25, 0.3) is 0 Å². The summed E-state index contributed by atoms with van der Waals surface area (Å²) in [4.78, 5) is 26.8. The van der Waals surface area contributed by atoms with Crippen molar-refractivity contribution in [3.63, 3.8) is 0 Å². The highest BCUT2D eigenvalue weighted by molar-refractivity contribution is 5.95. The van der Waals surface area contributed by atoms with Crippen molar-refractivity contribution in [2.45, 2.75) is 26.2 Å². The lowest BCUT2D eigenvalue weighted by Crippen LogP contribution is -2.26. The van der Waals surface area contributed by atoms with E-state index < -0.39 is 29.2 Å². The number of rotatable bonds is 6. The van der Waals surface area contributed by atoms with E-state index in [1.807, 2.05) is 0 Å². The second-order valence-corrected chi connectivity index (χ2v) is 4.81. The number of hydrogen-bond donors (Lipinski definition) is 1. The van der Waals surface area contributed by atoms with Crippen LogP contribution in [0.4, 0.5) is 13.2 Å². The van der Waals surface area contributed by atoms with Gasteiger partial charge in [-0.15, -0.1) is 5.10 Å². The van der Waals surface area contributed by atoms with Gasteiger partial charge in [0.1, 0.15) is 12.2 Å². The fourth-order valence-corrected chi connectivity index (χ4v) is 1.92. The SMILES string of the molecule is CCOC(=O)Cn1cc(CNC(=O)c2cnccc2C(F)(F)F)nn1. The molecule has 2 aromatic heterocycles. The van der Waals surface area contributed by atoms with Crippen molar-refractivity contribution in [1.29, 1.82) is 0 Å². The summed E-state index contributed by atoms with van der Waals surface area (Å²) in [5.41, 5.74) is -1.39. The molecule has 0 aliphatic heterocycles. The van der Waals surface area contributed by atoms with Crippen molar-refractivity contribution in [1.82, 2.24) is 25.3 Å². The molecule has 2 rings (SSSR count). The molecule has 11 heteroatoms. The lowest BCUT2D eigenvalue weighted by molar-refractivity contribution is -0.144. The first kappa shape index (κ1) is 18.4. The summed E-state index contributed by atoms with van der Waals surface area (Å²) in [7, 11) is 0. The second-order valence-electron chi connectivity index (χ2n) is 4.81. The molecule has 0 aliphatic carbocycles. The number of carbonyl (C=O) groups is 2. The highest BCUT2D eigenvalue weighted by Crippen LogP contribution is 2.31. The number of nitrogens with zero attached hydrogens (tertiary/aromatic N) is 4. The third-order valence-corrected chi connectivity index (χ3v) is 2.98. The first-order valence-corrected chi connectivity index (χ1v) is 7.15. The Labute approximate surface area is 140 Å². The molecule has 0 aromatic carbocycles. The van der Waals surface area contributed by atoms with Gasteiger partial charge in [0, 0.05) is 12.4 Å². The topological polar surface area (TPSA) is 99.0 Å². The van der Waals surface area contributed by atoms with E-state index in [4.69, 9.17) is 4.74 Å². The fraction of sp³-hybridized carbons (Fsp3) is 0.357. The summed E-state index contributed by atoms with van der Waals surface area (Å²) in [6.45, 7) is 1.57. The summed E-state index contributed by atoms with van der Waals surface area (Å²) in [6.07, 6.45) is -1.49. The summed E-state index contributed by atoms with van der Waals surface area (Å²) in [6, 6.07) is 0.727. The molecule has 0 radical (unpaired) electrons. The Morgan fingerprint density at radius 3 is 2.80 bits per heavy atom. The second kappa shape index (κ2) is 7.73. The average molecular weight is 357 g/mol. The summed E-state index contributed by atoms with van der Waals surface area (Å²) in [5.74, 6) is -1.45. The van der Waals surface area contributed by atoms with Crippen LogP contribution in [0, 0.1) is 0 Å². The molecule has 0 bridgehead atoms. The first-order chi connectivity index (χ1) is 11.8. The van der Waals surface area contributed by atoms with E-state index in [1.54, 1.807) is 6.92 Å². The number of amides is 1. The van der Waals surface area contributed by atoms with E-state index in [9.17, 15) is 22.8 Å². The third-order valence-electron chi connectivity index (χ3n) is 2.98. The third kappa shape index (κ3) is 4.99. The zero-order valence-corrected chi connectivity index (χ0v) is 13.1. The number of esters is 1. The maximum absolute atomic E-state index is 12.9. The molecule has 0 unspecified atom stereocenters. The quantitative estimate of drug-likeness (QED) is 0.780. The Morgan fingerprint density at radius 1 is 1.36 bits per heavy atom. The highest BCUT2D eigenvalue weighted by Gasteiger charge is 2.35. The van der Waals surface area contributed by atoms with E-state index in [-0.39, 0.29) is 25.4 Å². The van der Waals surface area contributed by atoms with Crippen molar-refractivity contribution in [3.8, 4) is 0 Å². The number of carbonyl (C=O) groups excluding carboxylic acids is 2. The van der Waals surface area contributed by atoms with Gasteiger partial charge in [0.25, 0.3) is 5.91 Å². The van der Waals surface area contributed by atoms with Crippen molar-refractivity contribution in [2.24, 2.45) is 0 Å². The molecule has 2 heterocycles. The minimum absolute atomic E-state index is 0.157. The van der Waals surface area contributed by atoms with Gasteiger partial charge in [-0.2, -0.15) is 13.2 Å². The van der Waals surface area contributed by atoms with Crippen molar-refractivity contribution in [3.05, 3.63) is 41.5 Å². The zero-order valence-electron chi connectivity index (χ0n) is 13.1. The van der Waals surface area contributed by atoms with Crippen LogP contribution in [0.2, 0.25) is 0 Å². The first-order valence-electron chi connectivity index (χ1n) is 7.15. The van der Waals surface area contributed by atoms with Gasteiger partial charge in [-0.05, 0) is 13.0 Å². The van der Waals surface area contributed by atoms with Crippen LogP contribution < -0.4 is 5.32 Å². The number of nitrogens with one attached hydrogen (secondary N) is 1. The summed E-state index contributed by atoms with van der Waals surface area (Å²) in [5, 5.41) is 9.70. The normalized spacial score (nSPS) is 11.2. The molecule has 0 atom stereocenters. The van der Waals surface area contributed by atoms with E-state index >= 15 is 0 Å². The zero-order chi connectivity index (χ0) is 18.4. The Kier molecular flexibility index (Phi) is 5.67. The van der Waals surface area contributed by atoms with Crippen LogP contribution in [0.3, 0.4) is 0 Å². The monoisotopic (exact) mass is 357 g/mol. The number of aromatic nitrogens is 4. The van der Waals surface area contributed by atoms with E-state index in [2.05, 4.69) is 20.6 Å². The molecule has 1 N–H and O–H groups in total. The molecule has 1 amide bonds. The molecular formula is C14H14F3N5O3. The van der Waals surface area contributed by atoms with Crippen molar-refractivity contribution in [2.75, 3.05) is 6.61 Å². The minimum atomic E-state index is -4.67. The number of alkyl halides is 3. The van der Waals surface area contributed by atoms with Gasteiger partial charge in [-0.1, -0.05) is 5.21 Å². The van der Waals surface area contributed by atoms with Crippen LogP contribution in [0.1, 0.15) is 28.5 Å². The summed E-state index contributed by atoms with van der Waals surface area (Å²) < 4.78 is 44.6. The van der Waals surface area contributed by atoms with Crippen LogP contribution in [-0.4, -0.2) is 38.5 Å². The van der Waals surface area contributed by atoms with Gasteiger partial charge >= 0.3 is 12.1 Å². The van der Waals surface area contributed by atoms with E-state index in [0.29, 0.717) is 0 Å². The summed E-state index contributed by atoms with van der Waals surface area (Å²) >= 11 is 0. The van der Waals surface area contributed by atoms with Crippen LogP contribution in [-0.2, 0) is 28.8 Å². The lowest BCUT2D eigenvalue weighted by atomic mass is 10.1. The molecule has 0 spiro atoms. The number of ether oxygens (including phenoxy) is 1. The molecule has 0 saturated heterocycles. The molecule has 25 heavy (non-hydrogen) atoms. The molecular weight excluding hydrogens is 343 g/mol. The molecule has 0 aliphatic rings. The maximum atomic E-state index is 12.9. The van der Waals surface area contributed by atoms with Gasteiger partial charge in [-0.25, -0.2) is 4.68 Å². The van der Waals surface area contributed by atoms with Crippen molar-refractivity contribution >= 4 is 11.9 Å². The lowest BCUT2D eigenvalue weighted by Gasteiger charge is -2.11. The van der Waals surface area contributed by atoms with Gasteiger partial charge < -0.3 is 10.1 Å². The van der Waals surface area contributed by atoms with Gasteiger partial charge in [-0.3, -0.25) is 14.6 Å². The molecule has 8 nitrogen and oxygen atoms in total. The predicted molar refractivity (Wildman–Crippen MR) is 77.1 cm³/mol. The minimum Gasteiger partial charge on any atom is -0.465 e. The predicted octanol–water partition coefficient (Wildman–Crippen LogP) is 1.18. The maximum Gasteiger partial charge on any atom is 0.417 e. The van der Waals surface area contributed by atoms with Crippen molar-refractivity contribution < 1.29 is 27.5 Å². The number of hydrogen-bond acceptors (Lipinski definition) is 6. The molecule has 0 fully saturated rings. The molecule has 134 valence electrons. The van der Waals surface area contributed by atoms with Gasteiger partial charge in [0.05, 0.1) is 30.5 Å². The number of pyridine rings is 1. The van der Waals surface area contributed by atoms with E-state index in [0.717, 1.165) is 18.5 Å². The number of halogens is 3. The smallest absolute Gasteiger partial charge is 0.417 e. The highest BCUT2D eigenvalue weighted by atomic mass is 19.4. The molecule has 0 saturated carbocycles. The Balaban J connectivity index is 2.00. The Morgan fingerprint density at radius 2 is 2.12 bits per heavy atom. The average Bonchev–Trinajstić information content (AvgIpc) is 2.99. The molecule has 2 aromatic rings. The fourth-order valence-electron chi connectivity index (χ4n) is 1.92. The Hall–Kier alpha value is -2.98. The largest absolute Gasteiger partial charge is 0.465 e. The standard InChI is InChI=1S/C14H14F3N5O3/c1-2-25-12(23)8-22-7-9(20-21-22)5-19-13(24)10-6-18-4-3-11(10)14(15,16)17/h3-4,6-7H,2,5,8H2,1H3,(H,19,24). The van der Waals surface area contributed by atoms with Crippen LogP contribution in [0.5, 0.6) is 0 Å². The van der Waals surface area contributed by atoms with E-state index in [1.165, 1.54) is 10.9 Å².